The number of ether oxygens (including phenoxy) is 7. The van der Waals surface area contributed by atoms with Crippen molar-refractivity contribution in [3.63, 3.8) is 0 Å². The van der Waals surface area contributed by atoms with Crippen LogP contribution in [0.2, 0.25) is 0 Å². The highest BCUT2D eigenvalue weighted by Crippen LogP contribution is 2.52. The van der Waals surface area contributed by atoms with Gasteiger partial charge in [0.25, 0.3) is 0 Å². The molecule has 3 heterocycles. The maximum atomic E-state index is 12.3. The van der Waals surface area contributed by atoms with E-state index in [1.165, 1.54) is 0 Å². The average molecular weight is 1060 g/mol. The monoisotopic (exact) mass is 1060 g/mol. The number of amides is 1. The highest BCUT2D eigenvalue weighted by atomic mass is 79.9. The Morgan fingerprint density at radius 1 is 0.970 bits per heavy atom. The van der Waals surface area contributed by atoms with Gasteiger partial charge in [-0.3, -0.25) is 0 Å². The van der Waals surface area contributed by atoms with Crippen LogP contribution >= 0.6 is 31.9 Å². The highest BCUT2D eigenvalue weighted by molar-refractivity contribution is 9.11. The molecule has 2 fully saturated rings. The molecule has 364 valence electrons. The lowest BCUT2D eigenvalue weighted by atomic mass is 9.91. The molecular formula is C47H61Br2N7O11. The van der Waals surface area contributed by atoms with Gasteiger partial charge in [-0.25, -0.2) is 4.79 Å². The molecule has 1 saturated heterocycles. The molecule has 1 amide bonds. The number of hydrogen-bond donors (Lipinski definition) is 6. The first kappa shape index (κ1) is 50.4. The SMILES string of the molecule is CCCN(CCOC)c1ccc(-c2nc(NCCOCCNC(=O)OCC3[C@H]4CCC#CCC[C@@H]34)nc(OCCOc3c(Br)cc4[nH]cc(O[C@@H]5O[C@H](CO)[C@@H](C)[C@H](O)[C@H]5O)c4c3Br)n2)cc1. The summed E-state index contributed by atoms with van der Waals surface area (Å²) in [6, 6.07) is 9.90. The number of aromatic nitrogens is 4. The van der Waals surface area contributed by atoms with Crippen LogP contribution in [0.5, 0.6) is 17.5 Å². The number of aliphatic hydroxyl groups excluding tert-OH is 3. The van der Waals surface area contributed by atoms with Crippen LogP contribution in [-0.4, -0.2) is 145 Å². The van der Waals surface area contributed by atoms with E-state index in [0.717, 1.165) is 56.4 Å². The molecular weight excluding hydrogens is 998 g/mol. The van der Waals surface area contributed by atoms with Gasteiger partial charge in [0.15, 0.2) is 5.82 Å². The number of aromatic amines is 1. The Labute approximate surface area is 407 Å². The van der Waals surface area contributed by atoms with Crippen LogP contribution in [0.25, 0.3) is 22.3 Å². The van der Waals surface area contributed by atoms with Gasteiger partial charge in [-0.05, 0) is 99.2 Å². The number of aliphatic hydroxyl groups is 3. The molecule has 67 heavy (non-hydrogen) atoms. The topological polar surface area (TPSA) is 224 Å². The molecule has 3 aliphatic rings. The van der Waals surface area contributed by atoms with Crippen LogP contribution in [0.15, 0.2) is 45.5 Å². The van der Waals surface area contributed by atoms with Crippen LogP contribution in [0, 0.1) is 35.5 Å². The maximum Gasteiger partial charge on any atom is 0.407 e. The van der Waals surface area contributed by atoms with Gasteiger partial charge in [0, 0.05) is 69.5 Å². The van der Waals surface area contributed by atoms with Gasteiger partial charge in [0.1, 0.15) is 30.8 Å². The van der Waals surface area contributed by atoms with E-state index < -0.39 is 36.6 Å². The molecule has 1 unspecified atom stereocenters. The van der Waals surface area contributed by atoms with E-state index in [4.69, 9.17) is 38.1 Å². The molecule has 4 aromatic rings. The molecule has 8 atom stereocenters. The van der Waals surface area contributed by atoms with Crippen LogP contribution in [-0.2, 0) is 18.9 Å². The average Bonchev–Trinajstić information content (AvgIpc) is 3.80. The summed E-state index contributed by atoms with van der Waals surface area (Å²) >= 11 is 7.27. The summed E-state index contributed by atoms with van der Waals surface area (Å²) in [4.78, 5) is 31.6. The Morgan fingerprint density at radius 2 is 1.72 bits per heavy atom. The van der Waals surface area contributed by atoms with E-state index in [1.807, 2.05) is 30.3 Å². The number of rotatable bonds is 24. The number of fused-ring (bicyclic) bond motifs is 2. The van der Waals surface area contributed by atoms with E-state index in [1.54, 1.807) is 20.2 Å². The van der Waals surface area contributed by atoms with Crippen molar-refractivity contribution >= 4 is 60.5 Å². The first-order valence-electron chi connectivity index (χ1n) is 22.9. The van der Waals surface area contributed by atoms with Crippen molar-refractivity contribution < 1.29 is 53.3 Å². The molecule has 2 aliphatic carbocycles. The summed E-state index contributed by atoms with van der Waals surface area (Å²) < 4.78 is 42.0. The minimum Gasteiger partial charge on any atom is -0.488 e. The number of nitrogens with one attached hydrogen (secondary N) is 3. The molecule has 0 radical (unpaired) electrons. The molecule has 6 N–H and O–H groups in total. The summed E-state index contributed by atoms with van der Waals surface area (Å²) in [5.41, 5.74) is 2.52. The zero-order valence-electron chi connectivity index (χ0n) is 38.0. The lowest BCUT2D eigenvalue weighted by molar-refractivity contribution is -0.260. The number of alkyl carbamates (subject to hydrolysis) is 1. The third-order valence-corrected chi connectivity index (χ3v) is 13.6. The lowest BCUT2D eigenvalue weighted by Crippen LogP contribution is -2.56. The second kappa shape index (κ2) is 24.7. The standard InChI is InChI=1S/C47H61Br2N7O11/c1-4-17-56(18-21-61-3)30-13-11-29(12-14-30)43-53-45(50-15-19-62-20-16-51-47(60)65-27-33-31-9-7-5-6-8-10-32(31)33)55-46(54-43)64-23-22-63-42-34(48)24-35-38(39(42)49)36(25-52-35)66-44-41(59)40(58)28(2)37(26-57)67-44/h11-14,24-25,28,31-33,37,40-41,44,52,57-59H,4,7-10,15-23,26-27H2,1-3H3,(H,51,60)(H,50,53,54,55)/t28-,31-,32+,33?,37-,40+,41-,44-/m1/s1. The number of carbonyl (C=O) groups excluding carboxylic acids is 1. The second-order valence-corrected chi connectivity index (χ2v) is 18.4. The summed E-state index contributed by atoms with van der Waals surface area (Å²) in [7, 11) is 1.70. The molecule has 0 spiro atoms. The van der Waals surface area contributed by atoms with Crippen molar-refractivity contribution in [2.45, 2.75) is 70.6 Å². The fourth-order valence-corrected chi connectivity index (χ4v) is 10.1. The molecule has 0 bridgehead atoms. The van der Waals surface area contributed by atoms with Crippen LogP contribution in [0.4, 0.5) is 16.4 Å². The van der Waals surface area contributed by atoms with Crippen molar-refractivity contribution in [2.24, 2.45) is 23.7 Å². The second-order valence-electron chi connectivity index (χ2n) is 16.7. The Kier molecular flexibility index (Phi) is 18.6. The number of methoxy groups -OCH3 is 1. The quantitative estimate of drug-likeness (QED) is 0.0354. The Hall–Kier alpha value is -4.46. The molecule has 7 rings (SSSR count). The van der Waals surface area contributed by atoms with Crippen molar-refractivity contribution in [2.75, 3.05) is 89.8 Å². The van der Waals surface area contributed by atoms with Gasteiger partial charge in [-0.1, -0.05) is 13.8 Å². The number of nitrogens with zero attached hydrogens (tertiary/aromatic N) is 4. The number of anilines is 2. The minimum absolute atomic E-state index is 0.0662. The number of carbonyl (C=O) groups is 1. The van der Waals surface area contributed by atoms with E-state index in [2.05, 4.69) is 81.1 Å². The molecule has 2 aromatic heterocycles. The summed E-state index contributed by atoms with van der Waals surface area (Å²) in [6.07, 6.45) is 1.75. The van der Waals surface area contributed by atoms with Crippen LogP contribution in [0.3, 0.4) is 0 Å². The Balaban J connectivity index is 0.946. The van der Waals surface area contributed by atoms with Crippen molar-refractivity contribution in [3.8, 4) is 40.7 Å². The largest absolute Gasteiger partial charge is 0.488 e. The van der Waals surface area contributed by atoms with E-state index in [0.29, 0.717) is 94.4 Å². The van der Waals surface area contributed by atoms with Gasteiger partial charge in [-0.2, -0.15) is 15.0 Å². The molecule has 2 aromatic carbocycles. The number of H-pyrrole nitrogens is 1. The number of benzene rings is 2. The maximum absolute atomic E-state index is 12.3. The fourth-order valence-electron chi connectivity index (χ4n) is 8.53. The van der Waals surface area contributed by atoms with Gasteiger partial charge >= 0.3 is 12.1 Å². The van der Waals surface area contributed by atoms with Gasteiger partial charge in [0.05, 0.1) is 65.1 Å². The van der Waals surface area contributed by atoms with Crippen molar-refractivity contribution in [3.05, 3.63) is 45.5 Å². The molecule has 20 heteroatoms. The van der Waals surface area contributed by atoms with Crippen molar-refractivity contribution in [1.82, 2.24) is 25.3 Å². The van der Waals surface area contributed by atoms with E-state index >= 15 is 0 Å². The van der Waals surface area contributed by atoms with E-state index in [9.17, 15) is 20.1 Å². The third-order valence-electron chi connectivity index (χ3n) is 12.3. The predicted octanol–water partition coefficient (Wildman–Crippen LogP) is 5.91. The number of halogens is 2. The van der Waals surface area contributed by atoms with Gasteiger partial charge in [-0.15, -0.1) is 11.8 Å². The first-order chi connectivity index (χ1) is 32.6. The van der Waals surface area contributed by atoms with Crippen LogP contribution in [0.1, 0.15) is 46.0 Å². The van der Waals surface area contributed by atoms with Crippen molar-refractivity contribution in [1.29, 1.82) is 0 Å². The molecule has 18 nitrogen and oxygen atoms in total. The Bertz CT molecular complexity index is 2280. The lowest BCUT2D eigenvalue weighted by Gasteiger charge is -2.40. The zero-order chi connectivity index (χ0) is 47.3. The highest BCUT2D eigenvalue weighted by Gasteiger charge is 2.49. The van der Waals surface area contributed by atoms with E-state index in [-0.39, 0.29) is 31.8 Å². The summed E-state index contributed by atoms with van der Waals surface area (Å²) in [5.74, 6) is 9.08. The minimum atomic E-state index is -1.34. The third kappa shape index (κ3) is 13.2. The smallest absolute Gasteiger partial charge is 0.407 e. The summed E-state index contributed by atoms with van der Waals surface area (Å²) in [5, 5.41) is 37.7. The normalized spacial score (nSPS) is 23.2. The number of hydrogen-bond acceptors (Lipinski definition) is 16. The summed E-state index contributed by atoms with van der Waals surface area (Å²) in [6.45, 7) is 7.67. The molecule has 1 aliphatic heterocycles. The fraction of sp³-hybridized carbons (Fsp3) is 0.574. The first-order valence-corrected chi connectivity index (χ1v) is 24.5. The van der Waals surface area contributed by atoms with Crippen LogP contribution < -0.4 is 29.7 Å². The van der Waals surface area contributed by atoms with Gasteiger partial charge in [0.2, 0.25) is 12.2 Å². The predicted molar refractivity (Wildman–Crippen MR) is 257 cm³/mol. The molecule has 1 saturated carbocycles. The Morgan fingerprint density at radius 3 is 2.45 bits per heavy atom. The zero-order valence-corrected chi connectivity index (χ0v) is 41.2. The van der Waals surface area contributed by atoms with Gasteiger partial charge < -0.3 is 69.0 Å².